The molecule has 3 nitrogen and oxygen atoms in total. The van der Waals surface area contributed by atoms with Gasteiger partial charge in [0.1, 0.15) is 5.60 Å². The van der Waals surface area contributed by atoms with Crippen LogP contribution in [0.2, 0.25) is 0 Å². The van der Waals surface area contributed by atoms with E-state index in [0.29, 0.717) is 16.7 Å². The van der Waals surface area contributed by atoms with Crippen LogP contribution < -0.4 is 57.0 Å². The van der Waals surface area contributed by atoms with Crippen LogP contribution in [-0.4, -0.2) is 23.2 Å². The molecule has 0 atom stereocenters. The van der Waals surface area contributed by atoms with Crippen LogP contribution in [0.5, 0.6) is 0 Å². The fourth-order valence-electron chi connectivity index (χ4n) is 1.56. The maximum atomic E-state index is 12.8. The molecule has 0 unspecified atom stereocenters. The van der Waals surface area contributed by atoms with Gasteiger partial charge in [0.15, 0.2) is 0 Å². The Kier molecular flexibility index (Phi) is 6.89. The predicted octanol–water partition coefficient (Wildman–Crippen LogP) is -0.108. The topological polar surface area (TPSA) is 31.2 Å². The van der Waals surface area contributed by atoms with Crippen molar-refractivity contribution in [3.63, 3.8) is 0 Å². The molecule has 0 aromatic carbocycles. The number of ether oxygens (including phenoxy) is 1. The number of carbonyl (C=O) groups is 1. The van der Waals surface area contributed by atoms with Gasteiger partial charge in [0, 0.05) is 5.69 Å². The monoisotopic (exact) mass is 301 g/mol. The molecule has 0 N–H and O–H groups in total. The maximum absolute atomic E-state index is 12.8. The Hall–Kier alpha value is 0.241. The van der Waals surface area contributed by atoms with Crippen molar-refractivity contribution in [3.8, 4) is 0 Å². The summed E-state index contributed by atoms with van der Waals surface area (Å²) >= 11 is 0. The van der Waals surface area contributed by atoms with Gasteiger partial charge >= 0.3 is 64.5 Å². The number of aromatic nitrogens is 1. The molecule has 0 amide bonds. The minimum atomic E-state index is -5.24. The number of aryl methyl sites for hydroxylation is 1. The van der Waals surface area contributed by atoms with Gasteiger partial charge in [-0.2, -0.15) is 0 Å². The molecular weight excluding hydrogens is 285 g/mol. The van der Waals surface area contributed by atoms with E-state index >= 15 is 0 Å². The predicted molar refractivity (Wildman–Crippen MR) is 64.2 cm³/mol. The van der Waals surface area contributed by atoms with Crippen LogP contribution in [0.25, 0.3) is 0 Å². The third kappa shape index (κ3) is 5.26. The second kappa shape index (κ2) is 6.80. The number of nitrogens with zero attached hydrogens (tertiary/aromatic N) is 1. The molecule has 0 saturated carbocycles. The summed E-state index contributed by atoms with van der Waals surface area (Å²) in [6.07, 6.45) is -0.663. The largest absolute Gasteiger partial charge is 1.00 e. The smallest absolute Gasteiger partial charge is 0.444 e. The van der Waals surface area contributed by atoms with Crippen molar-refractivity contribution in [2.24, 2.45) is 0 Å². The van der Waals surface area contributed by atoms with Crippen LogP contribution in [0.3, 0.4) is 0 Å². The van der Waals surface area contributed by atoms with E-state index in [1.807, 2.05) is 0 Å². The van der Waals surface area contributed by atoms with E-state index in [-0.39, 0.29) is 51.4 Å². The summed E-state index contributed by atoms with van der Waals surface area (Å²) in [5.41, 5.74) is -1.48. The average molecular weight is 301 g/mol. The first-order valence-corrected chi connectivity index (χ1v) is 5.70. The fraction of sp³-hybridized carbons (Fsp3) is 0.545. The molecule has 0 spiro atoms. The Morgan fingerprint density at radius 3 is 2.21 bits per heavy atom. The Labute approximate surface area is 153 Å². The van der Waals surface area contributed by atoms with Gasteiger partial charge < -0.3 is 17.7 Å². The van der Waals surface area contributed by atoms with Crippen LogP contribution in [-0.2, 0) is 11.2 Å². The molecular formula is C11H16BF3KNO2. The summed E-state index contributed by atoms with van der Waals surface area (Å²) in [6, 6.07) is 2.22. The third-order valence-electron chi connectivity index (χ3n) is 2.27. The fourth-order valence-corrected chi connectivity index (χ4v) is 1.56. The molecule has 0 aliphatic heterocycles. The molecule has 1 heterocycles. The van der Waals surface area contributed by atoms with Gasteiger partial charge in [-0.3, -0.25) is 4.57 Å². The van der Waals surface area contributed by atoms with E-state index in [1.54, 1.807) is 27.7 Å². The molecule has 0 aliphatic rings. The summed E-state index contributed by atoms with van der Waals surface area (Å²) in [7, 11) is 0. The number of hydrogen-bond donors (Lipinski definition) is 0. The molecule has 0 fully saturated rings. The molecule has 0 saturated heterocycles. The summed E-state index contributed by atoms with van der Waals surface area (Å²) in [6.45, 7) is 1.27. The molecule has 19 heavy (non-hydrogen) atoms. The zero-order valence-corrected chi connectivity index (χ0v) is 15.0. The Balaban J connectivity index is 0.00000324. The van der Waals surface area contributed by atoms with Gasteiger partial charge in [-0.25, -0.2) is 4.79 Å². The van der Waals surface area contributed by atoms with Crippen molar-refractivity contribution in [3.05, 3.63) is 17.8 Å². The van der Waals surface area contributed by atoms with Gasteiger partial charge in [0.25, 0.3) is 0 Å². The van der Waals surface area contributed by atoms with Crippen LogP contribution in [0.4, 0.5) is 17.7 Å². The molecule has 1 aromatic rings. The summed E-state index contributed by atoms with van der Waals surface area (Å²) in [5, 5.41) is 0. The normalized spacial score (nSPS) is 11.9. The van der Waals surface area contributed by atoms with E-state index < -0.39 is 24.3 Å². The van der Waals surface area contributed by atoms with Crippen LogP contribution in [0.15, 0.2) is 12.1 Å². The van der Waals surface area contributed by atoms with Crippen molar-refractivity contribution in [1.29, 1.82) is 0 Å². The quantitative estimate of drug-likeness (QED) is 0.714. The average Bonchev–Trinajstić information content (AvgIpc) is 2.56. The van der Waals surface area contributed by atoms with Crippen molar-refractivity contribution >= 4 is 18.7 Å². The number of rotatable bonds is 2. The van der Waals surface area contributed by atoms with Crippen molar-refractivity contribution in [1.82, 2.24) is 4.57 Å². The second-order valence-corrected chi connectivity index (χ2v) is 4.99. The molecule has 0 radical (unpaired) electrons. The zero-order chi connectivity index (χ0) is 14.1. The van der Waals surface area contributed by atoms with E-state index in [9.17, 15) is 17.7 Å². The Bertz CT molecular complexity index is 452. The molecule has 102 valence electrons. The molecule has 0 aliphatic carbocycles. The van der Waals surface area contributed by atoms with Crippen molar-refractivity contribution < 1.29 is 73.9 Å². The zero-order valence-electron chi connectivity index (χ0n) is 11.8. The molecule has 0 bridgehead atoms. The maximum Gasteiger partial charge on any atom is 1.00 e. The third-order valence-corrected chi connectivity index (χ3v) is 2.27. The summed E-state index contributed by atoms with van der Waals surface area (Å²) in [4.78, 5) is 11.8. The van der Waals surface area contributed by atoms with Crippen molar-refractivity contribution in [2.45, 2.75) is 39.7 Å². The van der Waals surface area contributed by atoms with Crippen LogP contribution in [0, 0.1) is 0 Å². The number of carbonyl (C=O) groups excluding carboxylic acids is 1. The van der Waals surface area contributed by atoms with Gasteiger partial charge in [0.2, 0.25) is 0 Å². The number of halogens is 3. The molecule has 1 rings (SSSR count). The number of hydrogen-bond acceptors (Lipinski definition) is 2. The molecule has 8 heteroatoms. The minimum absolute atomic E-state index is 0. The van der Waals surface area contributed by atoms with E-state index in [4.69, 9.17) is 4.74 Å². The van der Waals surface area contributed by atoms with E-state index in [1.165, 1.54) is 6.07 Å². The Morgan fingerprint density at radius 1 is 1.32 bits per heavy atom. The first-order chi connectivity index (χ1) is 8.06. The summed E-state index contributed by atoms with van der Waals surface area (Å²) in [5.74, 6) is 0. The Morgan fingerprint density at radius 2 is 1.84 bits per heavy atom. The van der Waals surface area contributed by atoms with Gasteiger partial charge in [0.05, 0.1) is 0 Å². The molecule has 1 aromatic heterocycles. The summed E-state index contributed by atoms with van der Waals surface area (Å²) < 4.78 is 44.1. The van der Waals surface area contributed by atoms with Gasteiger partial charge in [-0.1, -0.05) is 13.0 Å². The first kappa shape index (κ1) is 19.2. The van der Waals surface area contributed by atoms with Crippen LogP contribution >= 0.6 is 0 Å². The standard InChI is InChI=1S/C11H16BF3NO2.K/c1-5-8-6-7-9(12(13,14)15)16(8)10(17)18-11(2,3)4;/h6-7H,5H2,1-4H3;/q-1;+1. The van der Waals surface area contributed by atoms with Crippen LogP contribution in [0.1, 0.15) is 33.4 Å². The minimum Gasteiger partial charge on any atom is -0.444 e. The van der Waals surface area contributed by atoms with Gasteiger partial charge in [-0.15, -0.1) is 0 Å². The second-order valence-electron chi connectivity index (χ2n) is 4.99. The van der Waals surface area contributed by atoms with Crippen molar-refractivity contribution in [2.75, 3.05) is 0 Å². The first-order valence-electron chi connectivity index (χ1n) is 5.70. The van der Waals surface area contributed by atoms with Gasteiger partial charge in [-0.05, 0) is 38.9 Å². The van der Waals surface area contributed by atoms with E-state index in [2.05, 4.69) is 0 Å². The SMILES string of the molecule is CCc1ccc([B-](F)(F)F)n1C(=O)OC(C)(C)C.[K+]. The van der Waals surface area contributed by atoms with E-state index in [0.717, 1.165) is 6.07 Å².